The van der Waals surface area contributed by atoms with E-state index in [9.17, 15) is 17.4 Å². The molecule has 1 unspecified atom stereocenters. The number of hydrazone groups is 1. The number of nitrogens with two attached hydrogens (primary N) is 1. The number of sulfonamides is 1. The standard InChI is InChI=1S/C19H17N3O5S2/c1-27-19(23)16-10-12-11-28(24)17-5-3-2-4-15(17)18(12)22(21-16)13-6-8-14(9-7-13)29(20,25)26/h2-9H,10-11H2,1H3,(H2,20,25,26). The van der Waals surface area contributed by atoms with Crippen LogP contribution in [0.1, 0.15) is 12.0 Å². The molecule has 2 N–H and O–H groups in total. The zero-order valence-electron chi connectivity index (χ0n) is 15.4. The summed E-state index contributed by atoms with van der Waals surface area (Å²) in [7, 11) is -3.80. The number of esters is 1. The van der Waals surface area contributed by atoms with Gasteiger partial charge in [0.2, 0.25) is 10.0 Å². The lowest BCUT2D eigenvalue weighted by molar-refractivity contribution is -0.132. The minimum Gasteiger partial charge on any atom is -0.464 e. The molecule has 0 spiro atoms. The Labute approximate surface area is 170 Å². The summed E-state index contributed by atoms with van der Waals surface area (Å²) in [6.07, 6.45) is 0.230. The van der Waals surface area contributed by atoms with Crippen molar-refractivity contribution in [2.24, 2.45) is 10.2 Å². The first-order chi connectivity index (χ1) is 13.8. The van der Waals surface area contributed by atoms with Crippen molar-refractivity contribution < 1.29 is 22.2 Å². The quantitative estimate of drug-likeness (QED) is 0.738. The van der Waals surface area contributed by atoms with Gasteiger partial charge in [-0.2, -0.15) is 5.10 Å². The van der Waals surface area contributed by atoms with E-state index in [0.29, 0.717) is 10.6 Å². The maximum absolute atomic E-state index is 12.7. The van der Waals surface area contributed by atoms with Crippen LogP contribution in [0.4, 0.5) is 5.69 Å². The van der Waals surface area contributed by atoms with E-state index in [1.165, 1.54) is 19.2 Å². The van der Waals surface area contributed by atoms with Crippen molar-refractivity contribution in [2.75, 3.05) is 17.9 Å². The maximum Gasteiger partial charge on any atom is 0.354 e. The highest BCUT2D eigenvalue weighted by atomic mass is 32.2. The lowest BCUT2D eigenvalue weighted by Gasteiger charge is -2.33. The van der Waals surface area contributed by atoms with Crippen LogP contribution in [0.25, 0.3) is 5.70 Å². The zero-order chi connectivity index (χ0) is 20.8. The number of benzene rings is 2. The summed E-state index contributed by atoms with van der Waals surface area (Å²) < 4.78 is 40.7. The Morgan fingerprint density at radius 2 is 1.86 bits per heavy atom. The van der Waals surface area contributed by atoms with Gasteiger partial charge in [0.25, 0.3) is 0 Å². The molecule has 8 nitrogen and oxygen atoms in total. The van der Waals surface area contributed by atoms with Crippen LogP contribution in [0, 0.1) is 0 Å². The molecule has 0 radical (unpaired) electrons. The Morgan fingerprint density at radius 1 is 1.17 bits per heavy atom. The molecule has 0 aliphatic carbocycles. The lowest BCUT2D eigenvalue weighted by Crippen LogP contribution is -2.32. The van der Waals surface area contributed by atoms with Gasteiger partial charge in [-0.3, -0.25) is 4.21 Å². The molecular weight excluding hydrogens is 414 g/mol. The monoisotopic (exact) mass is 431 g/mol. The second-order valence-corrected chi connectivity index (χ2v) is 9.48. The van der Waals surface area contributed by atoms with Gasteiger partial charge >= 0.3 is 5.97 Å². The van der Waals surface area contributed by atoms with Crippen molar-refractivity contribution in [3.05, 3.63) is 59.7 Å². The van der Waals surface area contributed by atoms with Crippen molar-refractivity contribution in [3.8, 4) is 0 Å². The molecule has 0 aromatic heterocycles. The number of ether oxygens (including phenoxy) is 1. The van der Waals surface area contributed by atoms with E-state index in [-0.39, 0.29) is 22.8 Å². The minimum absolute atomic E-state index is 0.0326. The number of primary sulfonamides is 1. The molecule has 2 heterocycles. The Balaban J connectivity index is 1.88. The second kappa shape index (κ2) is 7.21. The fourth-order valence-corrected chi connectivity index (χ4v) is 5.22. The van der Waals surface area contributed by atoms with Gasteiger partial charge in [-0.15, -0.1) is 0 Å². The largest absolute Gasteiger partial charge is 0.464 e. The highest BCUT2D eigenvalue weighted by molar-refractivity contribution is 7.89. The number of rotatable bonds is 3. The molecule has 10 heteroatoms. The molecule has 0 amide bonds. The maximum atomic E-state index is 12.7. The van der Waals surface area contributed by atoms with E-state index in [0.717, 1.165) is 16.8 Å². The first-order valence-electron chi connectivity index (χ1n) is 8.58. The van der Waals surface area contributed by atoms with Crippen molar-refractivity contribution in [2.45, 2.75) is 16.2 Å². The number of carbonyl (C=O) groups excluding carboxylic acids is 1. The fourth-order valence-electron chi connectivity index (χ4n) is 3.36. The Kier molecular flexibility index (Phi) is 4.85. The van der Waals surface area contributed by atoms with Crippen LogP contribution in [-0.4, -0.2) is 37.2 Å². The summed E-state index contributed by atoms with van der Waals surface area (Å²) >= 11 is 0. The summed E-state index contributed by atoms with van der Waals surface area (Å²) in [4.78, 5) is 12.8. The van der Waals surface area contributed by atoms with E-state index in [1.807, 2.05) is 18.2 Å². The van der Waals surface area contributed by atoms with Gasteiger partial charge < -0.3 is 4.74 Å². The molecule has 0 saturated heterocycles. The van der Waals surface area contributed by atoms with Gasteiger partial charge in [0, 0.05) is 16.9 Å². The molecule has 29 heavy (non-hydrogen) atoms. The van der Waals surface area contributed by atoms with Crippen LogP contribution in [0.15, 0.2) is 69.0 Å². The summed E-state index contributed by atoms with van der Waals surface area (Å²) in [5, 5.41) is 11.2. The minimum atomic E-state index is -3.84. The highest BCUT2D eigenvalue weighted by Crippen LogP contribution is 2.40. The van der Waals surface area contributed by atoms with E-state index in [2.05, 4.69) is 5.10 Å². The van der Waals surface area contributed by atoms with Gasteiger partial charge in [-0.05, 0) is 35.9 Å². The number of anilines is 1. The normalized spacial score (nSPS) is 18.6. The average molecular weight is 431 g/mol. The lowest BCUT2D eigenvalue weighted by atomic mass is 9.99. The van der Waals surface area contributed by atoms with Crippen LogP contribution in [-0.2, 0) is 30.4 Å². The molecule has 0 bridgehead atoms. The van der Waals surface area contributed by atoms with Crippen molar-refractivity contribution in [1.82, 2.24) is 0 Å². The highest BCUT2D eigenvalue weighted by Gasteiger charge is 2.34. The third-order valence-corrected chi connectivity index (χ3v) is 7.06. The molecule has 2 aliphatic heterocycles. The van der Waals surface area contributed by atoms with Crippen molar-refractivity contribution in [1.29, 1.82) is 0 Å². The number of carbonyl (C=O) groups is 1. The number of fused-ring (bicyclic) bond motifs is 2. The number of methoxy groups -OCH3 is 1. The Bertz CT molecular complexity index is 1200. The Hall–Kier alpha value is -2.82. The zero-order valence-corrected chi connectivity index (χ0v) is 17.0. The predicted octanol–water partition coefficient (Wildman–Crippen LogP) is 1.61. The molecule has 2 aliphatic rings. The fraction of sp³-hybridized carbons (Fsp3) is 0.158. The predicted molar refractivity (Wildman–Crippen MR) is 109 cm³/mol. The van der Waals surface area contributed by atoms with E-state index >= 15 is 0 Å². The second-order valence-electron chi connectivity index (χ2n) is 6.50. The van der Waals surface area contributed by atoms with Gasteiger partial charge in [0.15, 0.2) is 5.71 Å². The van der Waals surface area contributed by atoms with Crippen LogP contribution < -0.4 is 10.1 Å². The molecule has 150 valence electrons. The molecule has 0 fully saturated rings. The van der Waals surface area contributed by atoms with Gasteiger partial charge in [0.1, 0.15) is 0 Å². The molecule has 0 saturated carbocycles. The van der Waals surface area contributed by atoms with Crippen LogP contribution in [0.5, 0.6) is 0 Å². The summed E-state index contributed by atoms with van der Waals surface area (Å²) in [5.41, 5.74) is 3.01. The molecule has 2 aromatic carbocycles. The van der Waals surface area contributed by atoms with Crippen LogP contribution in [0.2, 0.25) is 0 Å². The molecular formula is C19H17N3O5S2. The molecule has 2 aromatic rings. The van der Waals surface area contributed by atoms with Gasteiger partial charge in [-0.1, -0.05) is 18.2 Å². The summed E-state index contributed by atoms with van der Waals surface area (Å²) in [6, 6.07) is 13.2. The Morgan fingerprint density at radius 3 is 2.52 bits per heavy atom. The van der Waals surface area contributed by atoms with Crippen LogP contribution in [0.3, 0.4) is 0 Å². The van der Waals surface area contributed by atoms with E-state index in [4.69, 9.17) is 9.88 Å². The SMILES string of the molecule is COC(=O)C1=NN(c2ccc(S(N)(=O)=O)cc2)C2=C(C1)CS(=O)c1ccccc12. The summed E-state index contributed by atoms with van der Waals surface area (Å²) in [5.74, 6) is -0.305. The van der Waals surface area contributed by atoms with Crippen molar-refractivity contribution in [3.63, 3.8) is 0 Å². The van der Waals surface area contributed by atoms with Gasteiger partial charge in [-0.25, -0.2) is 23.4 Å². The molecule has 1 atom stereocenters. The first kappa shape index (κ1) is 19.5. The molecule has 4 rings (SSSR count). The third kappa shape index (κ3) is 3.50. The summed E-state index contributed by atoms with van der Waals surface area (Å²) in [6.45, 7) is 0. The smallest absolute Gasteiger partial charge is 0.354 e. The van der Waals surface area contributed by atoms with E-state index in [1.54, 1.807) is 23.2 Å². The topological polar surface area (TPSA) is 119 Å². The van der Waals surface area contributed by atoms with E-state index < -0.39 is 26.8 Å². The van der Waals surface area contributed by atoms with Crippen LogP contribution >= 0.6 is 0 Å². The number of hydrogen-bond acceptors (Lipinski definition) is 7. The number of nitrogens with zero attached hydrogens (tertiary/aromatic N) is 2. The average Bonchev–Trinajstić information content (AvgIpc) is 2.72. The third-order valence-electron chi connectivity index (χ3n) is 4.67. The number of hydrogen-bond donors (Lipinski definition) is 1. The first-order valence-corrected chi connectivity index (χ1v) is 11.4. The van der Waals surface area contributed by atoms with Crippen molar-refractivity contribution >= 4 is 43.9 Å². The van der Waals surface area contributed by atoms with Gasteiger partial charge in [0.05, 0.1) is 39.9 Å².